The number of hydrogen-bond donors (Lipinski definition) is 3. The molecule has 0 radical (unpaired) electrons. The zero-order valence-corrected chi connectivity index (χ0v) is 14.4. The highest BCUT2D eigenvalue weighted by Crippen LogP contribution is 2.33. The van der Waals surface area contributed by atoms with Crippen molar-refractivity contribution in [3.8, 4) is 17.1 Å². The number of aromatic nitrogens is 1. The summed E-state index contributed by atoms with van der Waals surface area (Å²) >= 11 is 0. The van der Waals surface area contributed by atoms with Gasteiger partial charge >= 0.3 is 5.97 Å². The Balaban J connectivity index is 1.95. The molecule has 9 heteroatoms. The number of anilines is 1. The van der Waals surface area contributed by atoms with Crippen LogP contribution in [0.3, 0.4) is 0 Å². The Bertz CT molecular complexity index is 795. The van der Waals surface area contributed by atoms with Crippen LogP contribution in [0.15, 0.2) is 22.7 Å². The van der Waals surface area contributed by atoms with Crippen molar-refractivity contribution in [3.63, 3.8) is 0 Å². The van der Waals surface area contributed by atoms with E-state index in [1.807, 2.05) is 0 Å². The van der Waals surface area contributed by atoms with Gasteiger partial charge < -0.3 is 29.7 Å². The highest BCUT2D eigenvalue weighted by molar-refractivity contribution is 5.99. The molecular formula is C17H20FN3O5. The van der Waals surface area contributed by atoms with Gasteiger partial charge in [-0.2, -0.15) is 0 Å². The van der Waals surface area contributed by atoms with Crippen LogP contribution in [-0.2, 0) is 4.74 Å². The number of aromatic carboxylic acids is 1. The van der Waals surface area contributed by atoms with Crippen molar-refractivity contribution in [1.29, 1.82) is 0 Å². The van der Waals surface area contributed by atoms with Crippen LogP contribution in [0.1, 0.15) is 16.8 Å². The van der Waals surface area contributed by atoms with Crippen molar-refractivity contribution < 1.29 is 28.3 Å². The molecule has 1 fully saturated rings. The van der Waals surface area contributed by atoms with E-state index in [1.165, 1.54) is 25.3 Å². The minimum Gasteiger partial charge on any atom is -0.494 e. The fraction of sp³-hybridized carbons (Fsp3) is 0.412. The molecule has 1 aromatic carbocycles. The molecule has 0 amide bonds. The van der Waals surface area contributed by atoms with Gasteiger partial charge in [-0.25, -0.2) is 9.18 Å². The van der Waals surface area contributed by atoms with Crippen molar-refractivity contribution in [2.24, 2.45) is 0 Å². The molecule has 1 aliphatic rings. The predicted octanol–water partition coefficient (Wildman–Crippen LogP) is 1.98. The normalized spacial score (nSPS) is 20.0. The van der Waals surface area contributed by atoms with Gasteiger partial charge in [-0.05, 0) is 31.2 Å². The summed E-state index contributed by atoms with van der Waals surface area (Å²) in [7, 11) is 2.94. The fourth-order valence-electron chi connectivity index (χ4n) is 3.02. The smallest absolute Gasteiger partial charge is 0.343 e. The third-order valence-electron chi connectivity index (χ3n) is 4.36. The van der Waals surface area contributed by atoms with Crippen molar-refractivity contribution >= 4 is 11.8 Å². The number of piperidine rings is 1. The first-order chi connectivity index (χ1) is 12.5. The van der Waals surface area contributed by atoms with E-state index in [2.05, 4.69) is 15.8 Å². The van der Waals surface area contributed by atoms with Gasteiger partial charge in [-0.15, -0.1) is 0 Å². The van der Waals surface area contributed by atoms with Gasteiger partial charge in [0.15, 0.2) is 28.7 Å². The Kier molecular flexibility index (Phi) is 5.38. The van der Waals surface area contributed by atoms with Crippen LogP contribution < -0.4 is 15.4 Å². The molecule has 140 valence electrons. The van der Waals surface area contributed by atoms with Crippen LogP contribution in [0.2, 0.25) is 0 Å². The lowest BCUT2D eigenvalue weighted by Gasteiger charge is -2.31. The van der Waals surface area contributed by atoms with Gasteiger partial charge in [0, 0.05) is 19.2 Å². The number of carboxylic acid groups (broad SMARTS) is 1. The summed E-state index contributed by atoms with van der Waals surface area (Å²) in [4.78, 5) is 11.8. The third-order valence-corrected chi connectivity index (χ3v) is 4.36. The van der Waals surface area contributed by atoms with E-state index in [4.69, 9.17) is 14.0 Å². The average Bonchev–Trinajstić information content (AvgIpc) is 3.06. The molecular weight excluding hydrogens is 345 g/mol. The highest BCUT2D eigenvalue weighted by atomic mass is 19.1. The number of nitrogens with zero attached hydrogens (tertiary/aromatic N) is 1. The Morgan fingerprint density at radius 3 is 2.96 bits per heavy atom. The minimum atomic E-state index is -1.20. The van der Waals surface area contributed by atoms with Crippen molar-refractivity contribution in [1.82, 2.24) is 10.5 Å². The largest absolute Gasteiger partial charge is 0.494 e. The van der Waals surface area contributed by atoms with Crippen molar-refractivity contribution in [3.05, 3.63) is 29.6 Å². The van der Waals surface area contributed by atoms with E-state index in [0.717, 1.165) is 13.0 Å². The third kappa shape index (κ3) is 3.49. The molecule has 3 rings (SSSR count). The van der Waals surface area contributed by atoms with Crippen LogP contribution in [0.5, 0.6) is 5.75 Å². The molecule has 26 heavy (non-hydrogen) atoms. The second kappa shape index (κ2) is 7.71. The maximum atomic E-state index is 13.6. The Hall–Kier alpha value is -2.65. The molecule has 0 bridgehead atoms. The summed E-state index contributed by atoms with van der Waals surface area (Å²) < 4.78 is 29.3. The maximum absolute atomic E-state index is 13.6. The fourth-order valence-corrected chi connectivity index (χ4v) is 3.02. The van der Waals surface area contributed by atoms with Crippen LogP contribution in [-0.4, -0.2) is 55.7 Å². The van der Waals surface area contributed by atoms with Crippen molar-refractivity contribution in [2.45, 2.75) is 18.6 Å². The number of rotatable bonds is 6. The Labute approximate surface area is 149 Å². The monoisotopic (exact) mass is 365 g/mol. The van der Waals surface area contributed by atoms with Crippen LogP contribution in [0.25, 0.3) is 11.3 Å². The van der Waals surface area contributed by atoms with Gasteiger partial charge in [0.2, 0.25) is 0 Å². The SMILES string of the molecule is COc1cc(-c2onc(N[C@H]3CNCC[C@H]3OC)c2C(=O)O)ccc1F. The second-order valence-electron chi connectivity index (χ2n) is 5.91. The lowest BCUT2D eigenvalue weighted by atomic mass is 10.0. The number of hydrogen-bond acceptors (Lipinski definition) is 7. The first-order valence-electron chi connectivity index (χ1n) is 8.12. The zero-order valence-electron chi connectivity index (χ0n) is 14.4. The van der Waals surface area contributed by atoms with E-state index in [-0.39, 0.29) is 35.0 Å². The second-order valence-corrected chi connectivity index (χ2v) is 5.91. The number of halogens is 1. The summed E-state index contributed by atoms with van der Waals surface area (Å²) in [6.45, 7) is 1.42. The van der Waals surface area contributed by atoms with Gasteiger partial charge in [0.1, 0.15) is 0 Å². The van der Waals surface area contributed by atoms with E-state index < -0.39 is 11.8 Å². The predicted molar refractivity (Wildman–Crippen MR) is 91.1 cm³/mol. The molecule has 0 saturated carbocycles. The standard InChI is InChI=1S/C17H20FN3O5/c1-24-12-5-6-19-8-11(12)20-16-14(17(22)23)15(26-21-16)9-3-4-10(18)13(7-9)25-2/h3-4,7,11-12,19H,5-6,8H2,1-2H3,(H,20,21)(H,22,23)/t11-,12+/m0/s1. The molecule has 2 atom stereocenters. The summed E-state index contributed by atoms with van der Waals surface area (Å²) in [5.41, 5.74) is 0.227. The van der Waals surface area contributed by atoms with E-state index in [0.29, 0.717) is 12.1 Å². The maximum Gasteiger partial charge on any atom is 0.343 e. The van der Waals surface area contributed by atoms with Crippen LogP contribution >= 0.6 is 0 Å². The highest BCUT2D eigenvalue weighted by Gasteiger charge is 2.30. The lowest BCUT2D eigenvalue weighted by Crippen LogP contribution is -2.49. The van der Waals surface area contributed by atoms with Crippen LogP contribution in [0.4, 0.5) is 10.2 Å². The van der Waals surface area contributed by atoms with Gasteiger partial charge in [0.05, 0.1) is 19.3 Å². The Morgan fingerprint density at radius 1 is 1.46 bits per heavy atom. The van der Waals surface area contributed by atoms with Crippen LogP contribution in [0, 0.1) is 5.82 Å². The van der Waals surface area contributed by atoms with Gasteiger partial charge in [-0.3, -0.25) is 0 Å². The molecule has 0 spiro atoms. The first kappa shape index (κ1) is 18.2. The average molecular weight is 365 g/mol. The molecule has 1 aliphatic heterocycles. The minimum absolute atomic E-state index is 0.0133. The lowest BCUT2D eigenvalue weighted by molar-refractivity contribution is 0.0656. The van der Waals surface area contributed by atoms with E-state index >= 15 is 0 Å². The first-order valence-corrected chi connectivity index (χ1v) is 8.12. The summed E-state index contributed by atoms with van der Waals surface area (Å²) in [5, 5.41) is 19.8. The zero-order chi connectivity index (χ0) is 18.7. The molecule has 0 aliphatic carbocycles. The molecule has 2 aromatic rings. The summed E-state index contributed by atoms with van der Waals surface area (Å²) in [6.07, 6.45) is 0.708. The molecule has 1 saturated heterocycles. The summed E-state index contributed by atoms with van der Waals surface area (Å²) in [5.74, 6) is -1.64. The van der Waals surface area contributed by atoms with Gasteiger partial charge in [0.25, 0.3) is 0 Å². The van der Waals surface area contributed by atoms with E-state index in [1.54, 1.807) is 7.11 Å². The van der Waals surface area contributed by atoms with Crippen molar-refractivity contribution in [2.75, 3.05) is 32.6 Å². The topological polar surface area (TPSA) is 106 Å². The molecule has 0 unspecified atom stereocenters. The number of carbonyl (C=O) groups is 1. The number of nitrogens with one attached hydrogen (secondary N) is 2. The number of ether oxygens (including phenoxy) is 2. The Morgan fingerprint density at radius 2 is 2.27 bits per heavy atom. The summed E-state index contributed by atoms with van der Waals surface area (Å²) in [6, 6.07) is 3.80. The van der Waals surface area contributed by atoms with Gasteiger partial charge in [-0.1, -0.05) is 5.16 Å². The number of benzene rings is 1. The van der Waals surface area contributed by atoms with E-state index in [9.17, 15) is 14.3 Å². The molecule has 8 nitrogen and oxygen atoms in total. The quantitative estimate of drug-likeness (QED) is 0.714. The number of methoxy groups -OCH3 is 2. The number of carboxylic acids is 1. The molecule has 1 aromatic heterocycles. The molecule has 3 N–H and O–H groups in total. The molecule has 2 heterocycles.